The number of hydrogen-bond acceptors (Lipinski definition) is 5. The fourth-order valence-electron chi connectivity index (χ4n) is 3.20. The van der Waals surface area contributed by atoms with Crippen LogP contribution in [-0.2, 0) is 31.8 Å². The van der Waals surface area contributed by atoms with Gasteiger partial charge in [-0.3, -0.25) is 24.2 Å². The van der Waals surface area contributed by atoms with Crippen LogP contribution in [0.3, 0.4) is 0 Å². The zero-order chi connectivity index (χ0) is 25.1. The third-order valence-corrected chi connectivity index (χ3v) is 5.27. The van der Waals surface area contributed by atoms with Crippen molar-refractivity contribution in [3.63, 3.8) is 0 Å². The molecular weight excluding hydrogens is 461 g/mol. The van der Waals surface area contributed by atoms with E-state index in [0.717, 1.165) is 12.8 Å². The molecule has 34 heavy (non-hydrogen) atoms. The van der Waals surface area contributed by atoms with E-state index in [0.29, 0.717) is 12.1 Å². The SMILES string of the molecule is CC(=O)N[C@@H](Cc1ccc(OP(=O)(O)O)cc1)C(=O)N[C@@H](C)C(=O)NCCCc1ccccc1. The monoisotopic (exact) mass is 491 g/mol. The standard InChI is InChI=1S/C23H30N3O7P/c1-16(22(28)24-14-6-9-18-7-4-3-5-8-18)25-23(29)21(26-17(2)27)15-19-10-12-20(13-11-19)33-34(30,31)32/h3-5,7-8,10-13,16,21H,6,9,14-15H2,1-2H3,(H,24,28)(H,25,29)(H,26,27)(H2,30,31,32)/t16-,21-/m0/s1. The van der Waals surface area contributed by atoms with Gasteiger partial charge in [0.15, 0.2) is 0 Å². The summed E-state index contributed by atoms with van der Waals surface area (Å²) in [6.07, 6.45) is 1.68. The van der Waals surface area contributed by atoms with Crippen molar-refractivity contribution in [3.05, 3.63) is 65.7 Å². The zero-order valence-electron chi connectivity index (χ0n) is 19.1. The number of carbonyl (C=O) groups excluding carboxylic acids is 3. The molecule has 0 bridgehead atoms. The van der Waals surface area contributed by atoms with Crippen LogP contribution in [0.15, 0.2) is 54.6 Å². The number of benzene rings is 2. The summed E-state index contributed by atoms with van der Waals surface area (Å²) in [7, 11) is -4.68. The smallest absolute Gasteiger partial charge is 0.404 e. The summed E-state index contributed by atoms with van der Waals surface area (Å²) in [5, 5.41) is 7.96. The maximum absolute atomic E-state index is 12.7. The Labute approximate surface area is 198 Å². The molecule has 0 aliphatic rings. The summed E-state index contributed by atoms with van der Waals surface area (Å²) in [6.45, 7) is 3.30. The van der Waals surface area contributed by atoms with Crippen LogP contribution in [-0.4, -0.2) is 46.1 Å². The Bertz CT molecular complexity index is 1010. The molecule has 0 fully saturated rings. The molecule has 0 aliphatic heterocycles. The Kier molecular flexibility index (Phi) is 10.2. The molecule has 5 N–H and O–H groups in total. The van der Waals surface area contributed by atoms with Crippen molar-refractivity contribution in [1.82, 2.24) is 16.0 Å². The van der Waals surface area contributed by atoms with E-state index in [9.17, 15) is 18.9 Å². The minimum atomic E-state index is -4.68. The molecular formula is C23H30N3O7P. The summed E-state index contributed by atoms with van der Waals surface area (Å²) >= 11 is 0. The molecule has 0 spiro atoms. The molecule has 2 aromatic rings. The van der Waals surface area contributed by atoms with E-state index in [-0.39, 0.29) is 18.1 Å². The van der Waals surface area contributed by atoms with Gasteiger partial charge in [-0.2, -0.15) is 0 Å². The number of phosphoric acid groups is 1. The van der Waals surface area contributed by atoms with Crippen molar-refractivity contribution in [2.75, 3.05) is 6.54 Å². The first-order chi connectivity index (χ1) is 16.0. The van der Waals surface area contributed by atoms with E-state index >= 15 is 0 Å². The minimum Gasteiger partial charge on any atom is -0.404 e. The molecule has 2 aromatic carbocycles. The van der Waals surface area contributed by atoms with Gasteiger partial charge in [0.05, 0.1) is 0 Å². The summed E-state index contributed by atoms with van der Waals surface area (Å²) < 4.78 is 15.4. The topological polar surface area (TPSA) is 154 Å². The highest BCUT2D eigenvalue weighted by molar-refractivity contribution is 7.46. The fraction of sp³-hybridized carbons (Fsp3) is 0.348. The largest absolute Gasteiger partial charge is 0.524 e. The number of nitrogens with one attached hydrogen (secondary N) is 3. The second-order valence-corrected chi connectivity index (χ2v) is 8.96. The van der Waals surface area contributed by atoms with E-state index in [1.807, 2.05) is 30.3 Å². The Morgan fingerprint density at radius 2 is 1.59 bits per heavy atom. The van der Waals surface area contributed by atoms with Gasteiger partial charge in [0, 0.05) is 19.9 Å². The lowest BCUT2D eigenvalue weighted by Crippen LogP contribution is -2.53. The molecule has 10 nitrogen and oxygen atoms in total. The van der Waals surface area contributed by atoms with Gasteiger partial charge in [-0.1, -0.05) is 42.5 Å². The van der Waals surface area contributed by atoms with Gasteiger partial charge in [-0.15, -0.1) is 0 Å². The van der Waals surface area contributed by atoms with Crippen LogP contribution in [0.4, 0.5) is 0 Å². The molecule has 0 saturated heterocycles. The Morgan fingerprint density at radius 3 is 2.18 bits per heavy atom. The lowest BCUT2D eigenvalue weighted by Gasteiger charge is -2.21. The Balaban J connectivity index is 1.87. The number of aryl methyl sites for hydroxylation is 1. The lowest BCUT2D eigenvalue weighted by molar-refractivity contribution is -0.131. The van der Waals surface area contributed by atoms with Gasteiger partial charge in [0.2, 0.25) is 17.7 Å². The molecule has 0 unspecified atom stereocenters. The number of carbonyl (C=O) groups is 3. The lowest BCUT2D eigenvalue weighted by atomic mass is 10.0. The van der Waals surface area contributed by atoms with Crippen LogP contribution in [0, 0.1) is 0 Å². The predicted molar refractivity (Wildman–Crippen MR) is 126 cm³/mol. The van der Waals surface area contributed by atoms with E-state index in [1.54, 1.807) is 6.92 Å². The van der Waals surface area contributed by atoms with E-state index in [4.69, 9.17) is 9.79 Å². The maximum Gasteiger partial charge on any atom is 0.524 e. The number of amides is 3. The molecule has 2 atom stereocenters. The molecule has 2 rings (SSSR count). The highest BCUT2D eigenvalue weighted by atomic mass is 31.2. The second-order valence-electron chi connectivity index (χ2n) is 7.79. The molecule has 11 heteroatoms. The predicted octanol–water partition coefficient (Wildman–Crippen LogP) is 1.46. The third-order valence-electron chi connectivity index (χ3n) is 4.82. The van der Waals surface area contributed by atoms with Crippen molar-refractivity contribution in [3.8, 4) is 5.75 Å². The van der Waals surface area contributed by atoms with Crippen molar-refractivity contribution in [2.24, 2.45) is 0 Å². The number of phosphoric ester groups is 1. The quantitative estimate of drug-likeness (QED) is 0.222. The Morgan fingerprint density at radius 1 is 0.941 bits per heavy atom. The van der Waals surface area contributed by atoms with Crippen molar-refractivity contribution in [2.45, 2.75) is 45.2 Å². The molecule has 0 saturated carbocycles. The van der Waals surface area contributed by atoms with Crippen LogP contribution in [0.2, 0.25) is 0 Å². The van der Waals surface area contributed by atoms with Gasteiger partial charge in [0.25, 0.3) is 0 Å². The average molecular weight is 491 g/mol. The van der Waals surface area contributed by atoms with Crippen LogP contribution in [0.5, 0.6) is 5.75 Å². The summed E-state index contributed by atoms with van der Waals surface area (Å²) in [4.78, 5) is 54.4. The van der Waals surface area contributed by atoms with E-state index in [1.165, 1.54) is 36.8 Å². The van der Waals surface area contributed by atoms with Gasteiger partial charge in [-0.25, -0.2) is 4.57 Å². The number of rotatable bonds is 12. The maximum atomic E-state index is 12.7. The van der Waals surface area contributed by atoms with Crippen LogP contribution in [0.25, 0.3) is 0 Å². The first-order valence-electron chi connectivity index (χ1n) is 10.8. The molecule has 3 amide bonds. The second kappa shape index (κ2) is 12.9. The number of hydrogen-bond donors (Lipinski definition) is 5. The minimum absolute atomic E-state index is 0.0323. The van der Waals surface area contributed by atoms with Gasteiger partial charge in [0.1, 0.15) is 17.8 Å². The Hall–Kier alpha value is -3.20. The highest BCUT2D eigenvalue weighted by Crippen LogP contribution is 2.37. The van der Waals surface area contributed by atoms with Crippen molar-refractivity contribution in [1.29, 1.82) is 0 Å². The molecule has 184 valence electrons. The molecule has 0 radical (unpaired) electrons. The van der Waals surface area contributed by atoms with E-state index in [2.05, 4.69) is 20.5 Å². The normalized spacial score (nSPS) is 12.8. The van der Waals surface area contributed by atoms with Crippen molar-refractivity contribution >= 4 is 25.5 Å². The van der Waals surface area contributed by atoms with Crippen LogP contribution in [0.1, 0.15) is 31.4 Å². The highest BCUT2D eigenvalue weighted by Gasteiger charge is 2.24. The molecule has 0 aromatic heterocycles. The van der Waals surface area contributed by atoms with Crippen LogP contribution >= 0.6 is 7.82 Å². The summed E-state index contributed by atoms with van der Waals surface area (Å²) in [5.41, 5.74) is 1.79. The third kappa shape index (κ3) is 10.2. The molecule has 0 heterocycles. The fourth-order valence-corrected chi connectivity index (χ4v) is 3.59. The molecule has 0 aliphatic carbocycles. The first kappa shape index (κ1) is 27.0. The zero-order valence-corrected chi connectivity index (χ0v) is 20.0. The first-order valence-corrected chi connectivity index (χ1v) is 12.3. The summed E-state index contributed by atoms with van der Waals surface area (Å²) in [6, 6.07) is 13.9. The van der Waals surface area contributed by atoms with Crippen molar-refractivity contribution < 1.29 is 33.3 Å². The van der Waals surface area contributed by atoms with E-state index < -0.39 is 31.7 Å². The van der Waals surface area contributed by atoms with Gasteiger partial charge in [-0.05, 0) is 43.0 Å². The van der Waals surface area contributed by atoms with Crippen LogP contribution < -0.4 is 20.5 Å². The average Bonchev–Trinajstić information content (AvgIpc) is 2.76. The van der Waals surface area contributed by atoms with Gasteiger partial charge < -0.3 is 20.5 Å². The van der Waals surface area contributed by atoms with Gasteiger partial charge >= 0.3 is 7.82 Å². The summed E-state index contributed by atoms with van der Waals surface area (Å²) in [5.74, 6) is -1.31.